The summed E-state index contributed by atoms with van der Waals surface area (Å²) in [6.45, 7) is 12.6. The fourth-order valence-corrected chi connectivity index (χ4v) is 8.07. The number of aromatic hydroxyl groups is 1. The van der Waals surface area contributed by atoms with Gasteiger partial charge in [0.05, 0.1) is 17.3 Å². The number of anilines is 2. The molecule has 4 aromatic carbocycles. The molecule has 3 amide bonds. The number of unbranched alkanes of at least 4 members (excludes halogenated alkanes) is 1. The van der Waals surface area contributed by atoms with Crippen LogP contribution in [0.2, 0.25) is 18.1 Å². The van der Waals surface area contributed by atoms with E-state index in [2.05, 4.69) is 54.8 Å². The molecule has 0 unspecified atom stereocenters. The summed E-state index contributed by atoms with van der Waals surface area (Å²) in [6, 6.07) is 29.7. The second-order valence-electron chi connectivity index (χ2n) is 16.8. The molecule has 0 aliphatic heterocycles. The van der Waals surface area contributed by atoms with Gasteiger partial charge in [-0.3, -0.25) is 19.7 Å². The molecule has 0 fully saturated rings. The maximum absolute atomic E-state index is 12.8. The lowest BCUT2D eigenvalue weighted by molar-refractivity contribution is -0.130. The van der Waals surface area contributed by atoms with E-state index in [1.165, 1.54) is 6.07 Å². The summed E-state index contributed by atoms with van der Waals surface area (Å²) in [5, 5.41) is 29.6. The molecule has 1 atom stereocenters. The van der Waals surface area contributed by atoms with E-state index in [0.29, 0.717) is 75.1 Å². The molecule has 60 heavy (non-hydrogen) atoms. The van der Waals surface area contributed by atoms with Gasteiger partial charge in [0, 0.05) is 62.2 Å². The van der Waals surface area contributed by atoms with Crippen LogP contribution in [-0.4, -0.2) is 66.5 Å². The molecule has 0 aliphatic carbocycles. The van der Waals surface area contributed by atoms with Crippen molar-refractivity contribution in [1.29, 1.82) is 0 Å². The highest BCUT2D eigenvalue weighted by Crippen LogP contribution is 2.41. The van der Waals surface area contributed by atoms with Gasteiger partial charge in [0.15, 0.2) is 8.32 Å². The fourth-order valence-electron chi connectivity index (χ4n) is 6.79. The Balaban J connectivity index is 1.04. The zero-order valence-corrected chi connectivity index (χ0v) is 36.6. The van der Waals surface area contributed by atoms with E-state index in [4.69, 9.17) is 4.43 Å². The first-order valence-corrected chi connectivity index (χ1v) is 23.5. The van der Waals surface area contributed by atoms with Crippen LogP contribution in [0.4, 0.5) is 16.2 Å². The molecule has 0 bridgehead atoms. The number of fused-ring (bicyclic) bond motifs is 1. The van der Waals surface area contributed by atoms with E-state index >= 15 is 0 Å². The van der Waals surface area contributed by atoms with Gasteiger partial charge in [-0.2, -0.15) is 0 Å². The van der Waals surface area contributed by atoms with Gasteiger partial charge in [-0.25, -0.2) is 4.79 Å². The zero-order valence-electron chi connectivity index (χ0n) is 35.6. The highest BCUT2D eigenvalue weighted by molar-refractivity contribution is 6.74. The second kappa shape index (κ2) is 20.5. The van der Waals surface area contributed by atoms with Crippen molar-refractivity contribution >= 4 is 48.5 Å². The summed E-state index contributed by atoms with van der Waals surface area (Å²) in [4.78, 5) is 53.5. The molecule has 12 nitrogen and oxygen atoms in total. The fraction of sp³-hybridized carbons (Fsp3) is 0.362. The lowest BCUT2D eigenvalue weighted by atomic mass is 9.99. The number of amides is 3. The van der Waals surface area contributed by atoms with Crippen molar-refractivity contribution in [2.24, 2.45) is 0 Å². The number of carboxylic acid groups (broad SMARTS) is 1. The maximum atomic E-state index is 12.8. The summed E-state index contributed by atoms with van der Waals surface area (Å²) >= 11 is 0. The number of nitrogens with zero attached hydrogens (tertiary/aromatic N) is 1. The first-order chi connectivity index (χ1) is 28.5. The molecule has 0 saturated carbocycles. The van der Waals surface area contributed by atoms with Crippen LogP contribution in [0.15, 0.2) is 102 Å². The Bertz CT molecular complexity index is 2310. The van der Waals surface area contributed by atoms with Crippen molar-refractivity contribution in [2.75, 3.05) is 30.8 Å². The number of pyridine rings is 1. The minimum atomic E-state index is -2.22. The lowest BCUT2D eigenvalue weighted by Gasteiger charge is -2.39. The van der Waals surface area contributed by atoms with Crippen LogP contribution >= 0.6 is 0 Å². The van der Waals surface area contributed by atoms with Crippen LogP contribution in [-0.2, 0) is 27.0 Å². The number of aryl methyl sites for hydroxylation is 1. The standard InChI is InChI=1S/C47H59N5O7Si/c1-47(2,3)60(5,6)59-41(37-24-26-40(53)45-38(37)25-27-43(55)51-45)31-48-30-33-18-21-35(22-19-33)49-42(54)16-10-11-28-52(4)44(56)17-12-13-32-20-23-36(34-14-8-7-9-15-34)39(29-32)50-46(57)58/h7-9,14-15,18-27,29,41,48,50,53H,10-13,16-17,28,30-31H2,1-6H3,(H,49,54)(H,51,55)(H,57,58)/t41-/m0/s1. The van der Waals surface area contributed by atoms with Crippen LogP contribution in [0, 0.1) is 0 Å². The number of phenols is 1. The Morgan fingerprint density at radius 2 is 1.57 bits per heavy atom. The highest BCUT2D eigenvalue weighted by Gasteiger charge is 2.39. The summed E-state index contributed by atoms with van der Waals surface area (Å²) < 4.78 is 6.91. The minimum Gasteiger partial charge on any atom is -0.506 e. The summed E-state index contributed by atoms with van der Waals surface area (Å²) in [5.74, 6) is -0.0420. The Kier molecular flexibility index (Phi) is 15.5. The number of nitrogens with one attached hydrogen (secondary N) is 4. The number of rotatable bonds is 19. The van der Waals surface area contributed by atoms with Crippen LogP contribution in [0.1, 0.15) is 75.7 Å². The van der Waals surface area contributed by atoms with Gasteiger partial charge in [-0.15, -0.1) is 0 Å². The van der Waals surface area contributed by atoms with E-state index in [1.807, 2.05) is 78.9 Å². The average molecular weight is 834 g/mol. The number of phenolic OH excluding ortho intramolecular Hbond substituents is 1. The van der Waals surface area contributed by atoms with Crippen molar-refractivity contribution in [2.45, 2.75) is 90.1 Å². The number of carbonyl (C=O) groups excluding carboxylic acids is 2. The largest absolute Gasteiger partial charge is 0.506 e. The molecule has 5 aromatic rings. The quantitative estimate of drug-likeness (QED) is 0.0353. The SMILES string of the molecule is CN(CCCCC(=O)Nc1ccc(CNC[C@H](O[Si](C)(C)C(C)(C)C)c2ccc(O)c3[nH]c(=O)ccc23)cc1)C(=O)CCCc1ccc(-c2ccccc2)c(NC(=O)O)c1. The molecule has 1 heterocycles. The molecule has 0 aliphatic rings. The number of hydrogen-bond acceptors (Lipinski definition) is 7. The van der Waals surface area contributed by atoms with Crippen molar-refractivity contribution in [3.05, 3.63) is 124 Å². The van der Waals surface area contributed by atoms with Crippen molar-refractivity contribution in [3.8, 4) is 16.9 Å². The smallest absolute Gasteiger partial charge is 0.409 e. The van der Waals surface area contributed by atoms with E-state index in [-0.39, 0.29) is 34.3 Å². The third-order valence-corrected chi connectivity index (χ3v) is 15.7. The number of aromatic nitrogens is 1. The van der Waals surface area contributed by atoms with Gasteiger partial charge < -0.3 is 35.2 Å². The Morgan fingerprint density at radius 1 is 0.850 bits per heavy atom. The molecular formula is C47H59N5O7Si. The Labute approximate surface area is 353 Å². The molecule has 0 radical (unpaired) electrons. The zero-order chi connectivity index (χ0) is 43.5. The Hall–Kier alpha value is -5.76. The van der Waals surface area contributed by atoms with Gasteiger partial charge in [0.1, 0.15) is 5.75 Å². The van der Waals surface area contributed by atoms with E-state index in [0.717, 1.165) is 33.2 Å². The summed E-state index contributed by atoms with van der Waals surface area (Å²) in [6.07, 6.45) is 1.86. The van der Waals surface area contributed by atoms with Gasteiger partial charge in [0.2, 0.25) is 17.4 Å². The third-order valence-electron chi connectivity index (χ3n) is 11.2. The van der Waals surface area contributed by atoms with Gasteiger partial charge >= 0.3 is 6.09 Å². The van der Waals surface area contributed by atoms with Crippen molar-refractivity contribution in [1.82, 2.24) is 15.2 Å². The molecule has 6 N–H and O–H groups in total. The molecule has 0 saturated heterocycles. The van der Waals surface area contributed by atoms with Crippen LogP contribution in [0.3, 0.4) is 0 Å². The molecular weight excluding hydrogens is 775 g/mol. The van der Waals surface area contributed by atoms with E-state index in [1.54, 1.807) is 24.1 Å². The number of aromatic amines is 1. The minimum absolute atomic E-state index is 0.0119. The predicted octanol–water partition coefficient (Wildman–Crippen LogP) is 9.43. The van der Waals surface area contributed by atoms with Gasteiger partial charge in [0.25, 0.3) is 0 Å². The van der Waals surface area contributed by atoms with E-state index in [9.17, 15) is 29.4 Å². The van der Waals surface area contributed by atoms with Crippen LogP contribution < -0.4 is 21.5 Å². The number of hydrogen-bond donors (Lipinski definition) is 6. The first-order valence-electron chi connectivity index (χ1n) is 20.6. The molecule has 318 valence electrons. The monoisotopic (exact) mass is 833 g/mol. The number of benzene rings is 4. The molecule has 0 spiro atoms. The molecule has 5 rings (SSSR count). The maximum Gasteiger partial charge on any atom is 0.409 e. The van der Waals surface area contributed by atoms with Crippen LogP contribution in [0.5, 0.6) is 5.75 Å². The molecule has 13 heteroatoms. The summed E-state index contributed by atoms with van der Waals surface area (Å²) in [7, 11) is -0.435. The number of H-pyrrole nitrogens is 1. The third kappa shape index (κ3) is 12.6. The van der Waals surface area contributed by atoms with Crippen LogP contribution in [0.25, 0.3) is 22.0 Å². The van der Waals surface area contributed by atoms with Crippen molar-refractivity contribution in [3.63, 3.8) is 0 Å². The second-order valence-corrected chi connectivity index (χ2v) is 21.6. The Morgan fingerprint density at radius 3 is 2.27 bits per heavy atom. The molecule has 1 aromatic heterocycles. The highest BCUT2D eigenvalue weighted by atomic mass is 28.4. The van der Waals surface area contributed by atoms with Crippen molar-refractivity contribution < 1.29 is 29.0 Å². The average Bonchev–Trinajstić information content (AvgIpc) is 3.20. The predicted molar refractivity (Wildman–Crippen MR) is 242 cm³/mol. The number of carbonyl (C=O) groups is 3. The van der Waals surface area contributed by atoms with Gasteiger partial charge in [-0.05, 0) is 96.4 Å². The van der Waals surface area contributed by atoms with E-state index < -0.39 is 14.4 Å². The first kappa shape index (κ1) is 45.3. The summed E-state index contributed by atoms with van der Waals surface area (Å²) in [5.41, 5.74) is 5.91. The van der Waals surface area contributed by atoms with Gasteiger partial charge in [-0.1, -0.05) is 81.4 Å². The normalized spacial score (nSPS) is 12.2. The topological polar surface area (TPSA) is 173 Å². The lowest BCUT2D eigenvalue weighted by Crippen LogP contribution is -2.43.